The maximum absolute atomic E-state index is 12.2. The first-order valence-electron chi connectivity index (χ1n) is 6.59. The lowest BCUT2D eigenvalue weighted by molar-refractivity contribution is -0.138. The number of hydrogen-bond donors (Lipinski definition) is 1. The molecule has 2 aromatic rings. The minimum Gasteiger partial charge on any atom is -0.481 e. The number of aromatic nitrogens is 3. The van der Waals surface area contributed by atoms with Crippen LogP contribution in [0.2, 0.25) is 0 Å². The third kappa shape index (κ3) is 2.56. The molecule has 2 aromatic heterocycles. The van der Waals surface area contributed by atoms with Crippen molar-refractivity contribution in [2.24, 2.45) is 0 Å². The molecule has 6 heteroatoms. The van der Waals surface area contributed by atoms with Crippen molar-refractivity contribution in [1.29, 1.82) is 0 Å². The molecule has 1 unspecified atom stereocenters. The number of aryl methyl sites for hydroxylation is 2. The molecule has 0 saturated heterocycles. The Kier molecular flexibility index (Phi) is 3.88. The number of carboxylic acids is 1. The monoisotopic (exact) mass is 287 g/mol. The van der Waals surface area contributed by atoms with Crippen LogP contribution in [0.25, 0.3) is 5.69 Å². The highest BCUT2D eigenvalue weighted by atomic mass is 16.4. The molecule has 6 nitrogen and oxygen atoms in total. The van der Waals surface area contributed by atoms with Gasteiger partial charge in [-0.15, -0.1) is 0 Å². The lowest BCUT2D eigenvalue weighted by Crippen LogP contribution is -2.28. The zero-order chi connectivity index (χ0) is 15.7. The average molecular weight is 287 g/mol. The van der Waals surface area contributed by atoms with Crippen molar-refractivity contribution < 1.29 is 9.90 Å². The Morgan fingerprint density at radius 1 is 1.29 bits per heavy atom. The fourth-order valence-corrected chi connectivity index (χ4v) is 2.53. The summed E-state index contributed by atoms with van der Waals surface area (Å²) < 4.78 is 1.42. The molecule has 0 aliphatic heterocycles. The van der Waals surface area contributed by atoms with Gasteiger partial charge in [-0.1, -0.05) is 0 Å². The number of pyridine rings is 1. The van der Waals surface area contributed by atoms with E-state index in [0.717, 1.165) is 0 Å². The zero-order valence-corrected chi connectivity index (χ0v) is 12.4. The summed E-state index contributed by atoms with van der Waals surface area (Å²) in [7, 11) is 0. The van der Waals surface area contributed by atoms with Gasteiger partial charge in [0.1, 0.15) is 0 Å². The molecule has 0 radical (unpaired) electrons. The van der Waals surface area contributed by atoms with Gasteiger partial charge in [0.15, 0.2) is 0 Å². The summed E-state index contributed by atoms with van der Waals surface area (Å²) in [4.78, 5) is 31.6. The van der Waals surface area contributed by atoms with Crippen molar-refractivity contribution in [3.8, 4) is 5.69 Å². The molecule has 0 bridgehead atoms. The maximum atomic E-state index is 12.2. The van der Waals surface area contributed by atoms with Crippen LogP contribution < -0.4 is 5.69 Å². The van der Waals surface area contributed by atoms with Gasteiger partial charge in [0.2, 0.25) is 0 Å². The summed E-state index contributed by atoms with van der Waals surface area (Å²) in [6, 6.07) is 3.50. The van der Waals surface area contributed by atoms with Crippen molar-refractivity contribution in [2.75, 3.05) is 0 Å². The van der Waals surface area contributed by atoms with Crippen molar-refractivity contribution in [2.45, 2.75) is 33.6 Å². The van der Waals surface area contributed by atoms with Gasteiger partial charge in [-0.05, 0) is 39.8 Å². The molecule has 0 fully saturated rings. The van der Waals surface area contributed by atoms with E-state index in [1.807, 2.05) is 0 Å². The highest BCUT2D eigenvalue weighted by Crippen LogP contribution is 2.23. The Labute approximate surface area is 122 Å². The molecule has 2 rings (SSSR count). The normalized spacial score (nSPS) is 12.2. The van der Waals surface area contributed by atoms with Gasteiger partial charge in [0.25, 0.3) is 0 Å². The predicted molar refractivity (Wildman–Crippen MR) is 77.9 cm³/mol. The van der Waals surface area contributed by atoms with Crippen molar-refractivity contribution in [1.82, 2.24) is 14.5 Å². The van der Waals surface area contributed by atoms with Gasteiger partial charge in [0.05, 0.1) is 17.3 Å². The second-order valence-electron chi connectivity index (χ2n) is 4.98. The molecule has 0 saturated carbocycles. The summed E-state index contributed by atoms with van der Waals surface area (Å²) >= 11 is 0. The third-order valence-corrected chi connectivity index (χ3v) is 3.59. The van der Waals surface area contributed by atoms with Crippen LogP contribution in [0.1, 0.15) is 35.5 Å². The summed E-state index contributed by atoms with van der Waals surface area (Å²) in [6.45, 7) is 6.77. The van der Waals surface area contributed by atoms with E-state index in [1.165, 1.54) is 4.57 Å². The topological polar surface area (TPSA) is 85.1 Å². The second kappa shape index (κ2) is 5.47. The van der Waals surface area contributed by atoms with Crippen LogP contribution in [0.5, 0.6) is 0 Å². The van der Waals surface area contributed by atoms with Crippen molar-refractivity contribution in [3.63, 3.8) is 0 Å². The highest BCUT2D eigenvalue weighted by molar-refractivity contribution is 5.76. The number of carbonyl (C=O) groups is 1. The first kappa shape index (κ1) is 14.9. The quantitative estimate of drug-likeness (QED) is 0.929. The molecule has 1 atom stereocenters. The molecule has 1 N–H and O–H groups in total. The van der Waals surface area contributed by atoms with Crippen LogP contribution in [-0.4, -0.2) is 25.6 Å². The van der Waals surface area contributed by atoms with Gasteiger partial charge in [-0.25, -0.2) is 4.79 Å². The fraction of sp³-hybridized carbons (Fsp3) is 0.333. The van der Waals surface area contributed by atoms with Crippen LogP contribution in [0.3, 0.4) is 0 Å². The van der Waals surface area contributed by atoms with Crippen LogP contribution in [0.4, 0.5) is 0 Å². The molecular formula is C15H17N3O3. The van der Waals surface area contributed by atoms with E-state index in [1.54, 1.807) is 46.0 Å². The van der Waals surface area contributed by atoms with Crippen LogP contribution >= 0.6 is 0 Å². The minimum absolute atomic E-state index is 0.428. The minimum atomic E-state index is -0.948. The van der Waals surface area contributed by atoms with E-state index in [4.69, 9.17) is 0 Å². The van der Waals surface area contributed by atoms with E-state index < -0.39 is 17.6 Å². The van der Waals surface area contributed by atoms with E-state index >= 15 is 0 Å². The second-order valence-corrected chi connectivity index (χ2v) is 4.98. The molecule has 21 heavy (non-hydrogen) atoms. The van der Waals surface area contributed by atoms with Crippen LogP contribution in [0, 0.1) is 20.8 Å². The molecule has 2 heterocycles. The SMILES string of the molecule is Cc1ncccc1-n1c(C)c(C(C)C(=O)O)c(C)nc1=O. The Morgan fingerprint density at radius 2 is 1.95 bits per heavy atom. The summed E-state index contributed by atoms with van der Waals surface area (Å²) in [6.07, 6.45) is 1.64. The van der Waals surface area contributed by atoms with E-state index in [2.05, 4.69) is 9.97 Å². The largest absolute Gasteiger partial charge is 0.481 e. The lowest BCUT2D eigenvalue weighted by atomic mass is 9.98. The third-order valence-electron chi connectivity index (χ3n) is 3.59. The number of rotatable bonds is 3. The average Bonchev–Trinajstić information content (AvgIpc) is 2.40. The Hall–Kier alpha value is -2.50. The number of hydrogen-bond acceptors (Lipinski definition) is 4. The molecule has 0 aromatic carbocycles. The standard InChI is InChI=1S/C15H17N3O3/c1-8(14(19)20)13-10(3)17-15(21)18(11(13)4)12-6-5-7-16-9(12)2/h5-8H,1-4H3,(H,19,20). The molecular weight excluding hydrogens is 270 g/mol. The van der Waals surface area contributed by atoms with Gasteiger partial charge < -0.3 is 5.11 Å². The van der Waals surface area contributed by atoms with Gasteiger partial charge in [0, 0.05) is 23.1 Å². The number of nitrogens with zero attached hydrogens (tertiary/aromatic N) is 3. The summed E-state index contributed by atoms with van der Waals surface area (Å²) in [5.74, 6) is -1.68. The smallest absolute Gasteiger partial charge is 0.352 e. The van der Waals surface area contributed by atoms with E-state index in [9.17, 15) is 14.7 Å². The van der Waals surface area contributed by atoms with Crippen LogP contribution in [0.15, 0.2) is 23.1 Å². The Bertz CT molecular complexity index is 765. The van der Waals surface area contributed by atoms with Crippen LogP contribution in [-0.2, 0) is 4.79 Å². The van der Waals surface area contributed by atoms with Gasteiger partial charge >= 0.3 is 11.7 Å². The first-order valence-corrected chi connectivity index (χ1v) is 6.59. The van der Waals surface area contributed by atoms with Gasteiger partial charge in [-0.2, -0.15) is 4.98 Å². The van der Waals surface area contributed by atoms with E-state index in [0.29, 0.717) is 28.3 Å². The molecule has 0 spiro atoms. The Morgan fingerprint density at radius 3 is 2.52 bits per heavy atom. The predicted octanol–water partition coefficient (Wildman–Crippen LogP) is 1.74. The molecule has 0 aliphatic carbocycles. The summed E-state index contributed by atoms with van der Waals surface area (Å²) in [5.41, 5.74) is 2.46. The van der Waals surface area contributed by atoms with Crippen molar-refractivity contribution >= 4 is 5.97 Å². The molecule has 0 amide bonds. The fourth-order valence-electron chi connectivity index (χ4n) is 2.53. The Balaban J connectivity index is 2.80. The van der Waals surface area contributed by atoms with Gasteiger partial charge in [-0.3, -0.25) is 14.3 Å². The molecule has 0 aliphatic rings. The highest BCUT2D eigenvalue weighted by Gasteiger charge is 2.23. The van der Waals surface area contributed by atoms with Crippen molar-refractivity contribution in [3.05, 3.63) is 51.5 Å². The zero-order valence-electron chi connectivity index (χ0n) is 12.4. The number of aliphatic carboxylic acids is 1. The summed E-state index contributed by atoms with van der Waals surface area (Å²) in [5, 5.41) is 9.24. The first-order chi connectivity index (χ1) is 9.84. The number of carboxylic acid groups (broad SMARTS) is 1. The van der Waals surface area contributed by atoms with E-state index in [-0.39, 0.29) is 0 Å². The molecule has 110 valence electrons. The maximum Gasteiger partial charge on any atom is 0.352 e. The lowest BCUT2D eigenvalue weighted by Gasteiger charge is -2.18.